The summed E-state index contributed by atoms with van der Waals surface area (Å²) in [6.07, 6.45) is 44.1. The van der Waals surface area contributed by atoms with E-state index in [2.05, 4.69) is 38.2 Å². The van der Waals surface area contributed by atoms with Crippen molar-refractivity contribution in [3.05, 3.63) is 24.3 Å². The van der Waals surface area contributed by atoms with Crippen molar-refractivity contribution in [3.63, 3.8) is 0 Å². The number of unbranched alkanes of at least 4 members (excludes halogenated alkanes) is 26. The quantitative estimate of drug-likeness (QED) is 0.0281. The van der Waals surface area contributed by atoms with E-state index in [1.165, 1.54) is 96.3 Å². The molecule has 0 amide bonds. The average molecular weight is 791 g/mol. The summed E-state index contributed by atoms with van der Waals surface area (Å²) in [5, 5.41) is 8.75. The highest BCUT2D eigenvalue weighted by Crippen LogP contribution is 2.14. The summed E-state index contributed by atoms with van der Waals surface area (Å²) >= 11 is 0. The van der Waals surface area contributed by atoms with Crippen LogP contribution in [0.15, 0.2) is 24.3 Å². The number of allylic oxidation sites excluding steroid dienone is 4. The first kappa shape index (κ1) is 53.4. The third-order valence-electron chi connectivity index (χ3n) is 10.2. The molecule has 0 saturated heterocycles. The van der Waals surface area contributed by atoms with Crippen molar-refractivity contribution in [3.8, 4) is 0 Å². The van der Waals surface area contributed by atoms with Gasteiger partial charge < -0.3 is 19.3 Å². The molecule has 0 aromatic carbocycles. The number of hydrogen-bond acceptors (Lipinski definition) is 7. The van der Waals surface area contributed by atoms with Crippen molar-refractivity contribution in [1.29, 1.82) is 0 Å². The largest absolute Gasteiger partial charge is 0.481 e. The smallest absolute Gasteiger partial charge is 0.306 e. The minimum atomic E-state index is -0.830. The zero-order valence-corrected chi connectivity index (χ0v) is 36.4. The van der Waals surface area contributed by atoms with Crippen LogP contribution in [0.25, 0.3) is 0 Å². The summed E-state index contributed by atoms with van der Waals surface area (Å²) in [5.41, 5.74) is 0. The molecule has 0 aliphatic carbocycles. The van der Waals surface area contributed by atoms with E-state index < -0.39 is 12.1 Å². The zero-order valence-electron chi connectivity index (χ0n) is 36.4. The van der Waals surface area contributed by atoms with Crippen molar-refractivity contribution in [2.75, 3.05) is 13.2 Å². The minimum absolute atomic E-state index is 0.126. The van der Waals surface area contributed by atoms with E-state index in [4.69, 9.17) is 19.3 Å². The molecule has 0 rings (SSSR count). The summed E-state index contributed by atoms with van der Waals surface area (Å²) in [6.45, 7) is 4.24. The molecule has 1 atom stereocenters. The van der Waals surface area contributed by atoms with Crippen molar-refractivity contribution >= 4 is 23.9 Å². The molecule has 0 aromatic heterocycles. The number of carbonyl (C=O) groups is 4. The lowest BCUT2D eigenvalue weighted by Gasteiger charge is -2.18. The van der Waals surface area contributed by atoms with Gasteiger partial charge in [0.15, 0.2) is 6.10 Å². The van der Waals surface area contributed by atoms with Crippen LogP contribution in [0.1, 0.15) is 239 Å². The second-order valence-electron chi connectivity index (χ2n) is 15.8. The Labute approximate surface area is 343 Å². The molecule has 0 radical (unpaired) electrons. The molecular formula is C48H86O8. The van der Waals surface area contributed by atoms with Gasteiger partial charge in [0.25, 0.3) is 0 Å². The Morgan fingerprint density at radius 2 is 0.679 bits per heavy atom. The van der Waals surface area contributed by atoms with Gasteiger partial charge in [0.05, 0.1) is 0 Å². The van der Waals surface area contributed by atoms with Gasteiger partial charge in [-0.25, -0.2) is 0 Å². The zero-order chi connectivity index (χ0) is 41.0. The number of hydrogen-bond donors (Lipinski definition) is 1. The van der Waals surface area contributed by atoms with Crippen LogP contribution in [0.5, 0.6) is 0 Å². The summed E-state index contributed by atoms with van der Waals surface area (Å²) in [6, 6.07) is 0. The second-order valence-corrected chi connectivity index (χ2v) is 15.8. The third kappa shape index (κ3) is 42.5. The van der Waals surface area contributed by atoms with Gasteiger partial charge >= 0.3 is 23.9 Å². The summed E-state index contributed by atoms with van der Waals surface area (Å²) in [5.74, 6) is -1.85. The maximum Gasteiger partial charge on any atom is 0.306 e. The van der Waals surface area contributed by atoms with Gasteiger partial charge in [0.1, 0.15) is 13.2 Å². The normalized spacial score (nSPS) is 12.0. The van der Waals surface area contributed by atoms with E-state index >= 15 is 0 Å². The molecule has 0 bridgehead atoms. The highest BCUT2D eigenvalue weighted by Gasteiger charge is 2.19. The first-order chi connectivity index (χ1) is 27.4. The van der Waals surface area contributed by atoms with E-state index in [1.54, 1.807) is 0 Å². The fourth-order valence-electron chi connectivity index (χ4n) is 6.63. The molecule has 0 saturated carbocycles. The Hall–Kier alpha value is -2.64. The van der Waals surface area contributed by atoms with Crippen LogP contribution in [0.2, 0.25) is 0 Å². The maximum atomic E-state index is 12.7. The Bertz CT molecular complexity index is 974. The van der Waals surface area contributed by atoms with Gasteiger partial charge in [-0.1, -0.05) is 160 Å². The van der Waals surface area contributed by atoms with Gasteiger partial charge in [-0.3, -0.25) is 19.2 Å². The number of carbonyl (C=O) groups excluding carboxylic acids is 3. The molecule has 8 heteroatoms. The molecule has 8 nitrogen and oxygen atoms in total. The van der Waals surface area contributed by atoms with Crippen LogP contribution in [-0.2, 0) is 33.4 Å². The lowest BCUT2D eigenvalue weighted by molar-refractivity contribution is -0.167. The van der Waals surface area contributed by atoms with Crippen LogP contribution in [0, 0.1) is 0 Å². The Balaban J connectivity index is 4.33. The fraction of sp³-hybridized carbons (Fsp3) is 0.833. The number of esters is 3. The van der Waals surface area contributed by atoms with Gasteiger partial charge in [0, 0.05) is 25.7 Å². The van der Waals surface area contributed by atoms with Gasteiger partial charge in [-0.2, -0.15) is 0 Å². The molecule has 0 aromatic rings. The highest BCUT2D eigenvalue weighted by atomic mass is 16.6. The molecule has 0 heterocycles. The summed E-state index contributed by atoms with van der Waals surface area (Å²) < 4.78 is 16.5. The summed E-state index contributed by atoms with van der Waals surface area (Å²) in [7, 11) is 0. The molecule has 0 aliphatic rings. The van der Waals surface area contributed by atoms with E-state index in [9.17, 15) is 19.2 Å². The summed E-state index contributed by atoms with van der Waals surface area (Å²) in [4.78, 5) is 48.2. The van der Waals surface area contributed by atoms with Gasteiger partial charge in [-0.05, 0) is 77.0 Å². The van der Waals surface area contributed by atoms with E-state index in [-0.39, 0.29) is 50.4 Å². The van der Waals surface area contributed by atoms with Crippen LogP contribution >= 0.6 is 0 Å². The molecule has 326 valence electrons. The molecule has 1 unspecified atom stereocenters. The van der Waals surface area contributed by atoms with Crippen LogP contribution in [0.4, 0.5) is 0 Å². The van der Waals surface area contributed by atoms with Crippen LogP contribution < -0.4 is 0 Å². The van der Waals surface area contributed by atoms with Crippen molar-refractivity contribution in [1.82, 2.24) is 0 Å². The Morgan fingerprint density at radius 1 is 0.393 bits per heavy atom. The first-order valence-corrected chi connectivity index (χ1v) is 23.4. The number of aliphatic carboxylic acids is 1. The molecule has 0 aliphatic heterocycles. The Morgan fingerprint density at radius 3 is 1.02 bits per heavy atom. The maximum absolute atomic E-state index is 12.7. The molecule has 56 heavy (non-hydrogen) atoms. The SMILES string of the molecule is CCCCCCCC/C=C\CCCCCCCC(=O)OCC(COC(=O)CCCCCCCC(=O)O)OC(=O)CCCCCCC/C=C\CCCCCCCC. The predicted octanol–water partition coefficient (Wildman–Crippen LogP) is 13.9. The monoisotopic (exact) mass is 791 g/mol. The van der Waals surface area contributed by atoms with E-state index in [0.29, 0.717) is 19.3 Å². The molecule has 0 fully saturated rings. The van der Waals surface area contributed by atoms with Crippen molar-refractivity contribution < 1.29 is 38.5 Å². The minimum Gasteiger partial charge on any atom is -0.481 e. The van der Waals surface area contributed by atoms with Crippen molar-refractivity contribution in [2.24, 2.45) is 0 Å². The fourth-order valence-corrected chi connectivity index (χ4v) is 6.63. The second kappa shape index (κ2) is 43.5. The van der Waals surface area contributed by atoms with E-state index in [1.807, 2.05) is 0 Å². The number of carboxylic acid groups (broad SMARTS) is 1. The highest BCUT2D eigenvalue weighted by molar-refractivity contribution is 5.71. The third-order valence-corrected chi connectivity index (χ3v) is 10.2. The number of ether oxygens (including phenoxy) is 3. The predicted molar refractivity (Wildman–Crippen MR) is 231 cm³/mol. The van der Waals surface area contributed by atoms with Gasteiger partial charge in [0.2, 0.25) is 0 Å². The van der Waals surface area contributed by atoms with Gasteiger partial charge in [-0.15, -0.1) is 0 Å². The van der Waals surface area contributed by atoms with Crippen LogP contribution in [0.3, 0.4) is 0 Å². The van der Waals surface area contributed by atoms with E-state index in [0.717, 1.165) is 89.9 Å². The number of rotatable bonds is 43. The topological polar surface area (TPSA) is 116 Å². The molecular weight excluding hydrogens is 705 g/mol. The number of carboxylic acids is 1. The lowest BCUT2D eigenvalue weighted by atomic mass is 10.1. The standard InChI is InChI=1S/C48H86O8/c1-3-5-7-9-11-13-15-17-19-21-23-25-27-31-35-39-46(51)54-42-44(43-55-47(52)40-36-33-29-30-34-38-45(49)50)56-48(53)41-37-32-28-26-24-22-20-18-16-14-12-10-8-6-4-2/h17-20,44H,3-16,21-43H2,1-2H3,(H,49,50)/b19-17-,20-18-. The Kier molecular flexibility index (Phi) is 41.4. The van der Waals surface area contributed by atoms with Crippen molar-refractivity contribution in [2.45, 2.75) is 245 Å². The average Bonchev–Trinajstić information content (AvgIpc) is 3.18. The molecule has 0 spiro atoms. The molecule has 1 N–H and O–H groups in total. The van der Waals surface area contributed by atoms with Crippen LogP contribution in [-0.4, -0.2) is 48.3 Å². The first-order valence-electron chi connectivity index (χ1n) is 23.4. The lowest BCUT2D eigenvalue weighted by Crippen LogP contribution is -2.30.